The molecule has 2 atom stereocenters. The first-order chi connectivity index (χ1) is 12.6. The van der Waals surface area contributed by atoms with Gasteiger partial charge < -0.3 is 20.2 Å². The van der Waals surface area contributed by atoms with Crippen molar-refractivity contribution in [2.75, 3.05) is 32.8 Å². The van der Waals surface area contributed by atoms with Crippen molar-refractivity contribution in [2.45, 2.75) is 25.4 Å². The van der Waals surface area contributed by atoms with E-state index in [0.717, 1.165) is 30.2 Å². The highest BCUT2D eigenvalue weighted by Crippen LogP contribution is 2.23. The minimum absolute atomic E-state index is 0. The molecule has 1 saturated heterocycles. The summed E-state index contributed by atoms with van der Waals surface area (Å²) in [6.07, 6.45) is 0.523. The fraction of sp³-hybridized carbons (Fsp3) is 0.450. The van der Waals surface area contributed by atoms with E-state index >= 15 is 0 Å². The number of nitrogens with one attached hydrogen (secondary N) is 1. The fourth-order valence-electron chi connectivity index (χ4n) is 3.22. The molecule has 0 radical (unpaired) electrons. The summed E-state index contributed by atoms with van der Waals surface area (Å²) in [5, 5.41) is 3.00. The van der Waals surface area contributed by atoms with Gasteiger partial charge in [-0.05, 0) is 31.0 Å². The molecule has 2 heterocycles. The van der Waals surface area contributed by atoms with Crippen LogP contribution in [0, 0.1) is 6.92 Å². The topological polar surface area (TPSA) is 80.7 Å². The van der Waals surface area contributed by atoms with Crippen LogP contribution in [0.15, 0.2) is 46.9 Å². The lowest BCUT2D eigenvalue weighted by Gasteiger charge is -2.33. The van der Waals surface area contributed by atoms with Crippen LogP contribution in [0.5, 0.6) is 0 Å². The number of carbonyl (C=O) groups is 1. The standard InChI is InChI=1S/C20H27N3O3.2ClH/c1-15-7-8-19(26-15)18(23-9-11-25-12-10-23)14-22-20(24)17(21)13-16-5-3-2-4-6-16;;/h2-8,17-18H,9-14,21H2,1H3,(H,22,24);2*1H. The summed E-state index contributed by atoms with van der Waals surface area (Å²) in [7, 11) is 0. The molecule has 1 fully saturated rings. The van der Waals surface area contributed by atoms with Gasteiger partial charge in [-0.3, -0.25) is 9.69 Å². The monoisotopic (exact) mass is 429 g/mol. The van der Waals surface area contributed by atoms with Crippen molar-refractivity contribution in [1.82, 2.24) is 10.2 Å². The number of furan rings is 1. The van der Waals surface area contributed by atoms with Crippen LogP contribution < -0.4 is 11.1 Å². The van der Waals surface area contributed by atoms with Gasteiger partial charge in [0, 0.05) is 19.6 Å². The Hall–Kier alpha value is -1.57. The lowest BCUT2D eigenvalue weighted by molar-refractivity contribution is -0.122. The summed E-state index contributed by atoms with van der Waals surface area (Å²) in [6, 6.07) is 13.2. The van der Waals surface area contributed by atoms with Crippen LogP contribution in [0.1, 0.15) is 23.1 Å². The van der Waals surface area contributed by atoms with Gasteiger partial charge in [-0.1, -0.05) is 30.3 Å². The van der Waals surface area contributed by atoms with Crippen LogP contribution in [0.3, 0.4) is 0 Å². The molecule has 0 bridgehead atoms. The van der Waals surface area contributed by atoms with Crippen LogP contribution in [0.25, 0.3) is 0 Å². The molecular formula is C20H29Cl2N3O3. The number of carbonyl (C=O) groups excluding carboxylic acids is 1. The van der Waals surface area contributed by atoms with Crippen LogP contribution >= 0.6 is 24.8 Å². The highest BCUT2D eigenvalue weighted by atomic mass is 35.5. The molecule has 3 N–H and O–H groups in total. The maximum atomic E-state index is 12.5. The van der Waals surface area contributed by atoms with Crippen molar-refractivity contribution < 1.29 is 13.9 Å². The molecule has 1 aromatic heterocycles. The molecule has 156 valence electrons. The lowest BCUT2D eigenvalue weighted by atomic mass is 10.1. The molecule has 6 nitrogen and oxygen atoms in total. The largest absolute Gasteiger partial charge is 0.465 e. The predicted molar refractivity (Wildman–Crippen MR) is 114 cm³/mol. The van der Waals surface area contributed by atoms with Gasteiger partial charge >= 0.3 is 0 Å². The van der Waals surface area contributed by atoms with Crippen molar-refractivity contribution in [3.63, 3.8) is 0 Å². The first kappa shape index (κ1) is 24.5. The smallest absolute Gasteiger partial charge is 0.237 e. The number of halogens is 2. The Bertz CT molecular complexity index is 706. The number of benzene rings is 1. The summed E-state index contributed by atoms with van der Waals surface area (Å²) in [6.45, 7) is 5.41. The number of nitrogens with zero attached hydrogens (tertiary/aromatic N) is 1. The SMILES string of the molecule is Cc1ccc(C(CNC(=O)C(N)Cc2ccccc2)N2CCOCC2)o1.Cl.Cl. The zero-order chi connectivity index (χ0) is 18.4. The Morgan fingerprint density at radius 1 is 1.14 bits per heavy atom. The van der Waals surface area contributed by atoms with E-state index < -0.39 is 6.04 Å². The molecule has 2 unspecified atom stereocenters. The van der Waals surface area contributed by atoms with Crippen molar-refractivity contribution in [2.24, 2.45) is 5.73 Å². The zero-order valence-corrected chi connectivity index (χ0v) is 17.6. The van der Waals surface area contributed by atoms with Crippen LogP contribution in [0.2, 0.25) is 0 Å². The van der Waals surface area contributed by atoms with Crippen LogP contribution in [-0.4, -0.2) is 49.7 Å². The van der Waals surface area contributed by atoms with Crippen molar-refractivity contribution in [1.29, 1.82) is 0 Å². The predicted octanol–water partition coefficient (Wildman–Crippen LogP) is 2.49. The van der Waals surface area contributed by atoms with E-state index in [1.807, 2.05) is 49.4 Å². The molecule has 1 aromatic carbocycles. The van der Waals surface area contributed by atoms with E-state index in [-0.39, 0.29) is 36.8 Å². The maximum absolute atomic E-state index is 12.5. The number of aryl methyl sites for hydroxylation is 1. The van der Waals surface area contributed by atoms with E-state index in [1.54, 1.807) is 0 Å². The highest BCUT2D eigenvalue weighted by molar-refractivity contribution is 5.85. The van der Waals surface area contributed by atoms with Crippen molar-refractivity contribution in [3.05, 3.63) is 59.5 Å². The van der Waals surface area contributed by atoms with E-state index in [2.05, 4.69) is 10.2 Å². The average Bonchev–Trinajstić information content (AvgIpc) is 3.09. The number of hydrogen-bond donors (Lipinski definition) is 2. The molecule has 28 heavy (non-hydrogen) atoms. The Morgan fingerprint density at radius 2 is 1.82 bits per heavy atom. The summed E-state index contributed by atoms with van der Waals surface area (Å²) in [5.74, 6) is 1.59. The third-order valence-corrected chi connectivity index (χ3v) is 4.68. The number of hydrogen-bond acceptors (Lipinski definition) is 5. The van der Waals surface area contributed by atoms with Crippen molar-refractivity contribution >= 4 is 30.7 Å². The lowest BCUT2D eigenvalue weighted by Crippen LogP contribution is -2.47. The third-order valence-electron chi connectivity index (χ3n) is 4.68. The zero-order valence-electron chi connectivity index (χ0n) is 16.0. The molecule has 2 aromatic rings. The second kappa shape index (κ2) is 12.1. The molecule has 1 amide bonds. The van der Waals surface area contributed by atoms with Gasteiger partial charge in [0.1, 0.15) is 11.5 Å². The molecule has 1 aliphatic rings. The summed E-state index contributed by atoms with van der Waals surface area (Å²) >= 11 is 0. The molecular weight excluding hydrogens is 401 g/mol. The number of nitrogens with two attached hydrogens (primary N) is 1. The first-order valence-corrected chi connectivity index (χ1v) is 9.09. The molecule has 8 heteroatoms. The van der Waals surface area contributed by atoms with Gasteiger partial charge in [0.2, 0.25) is 5.91 Å². The average molecular weight is 430 g/mol. The Morgan fingerprint density at radius 3 is 2.43 bits per heavy atom. The molecule has 1 aliphatic heterocycles. The summed E-state index contributed by atoms with van der Waals surface area (Å²) in [4.78, 5) is 14.7. The molecule has 0 saturated carbocycles. The number of amides is 1. The highest BCUT2D eigenvalue weighted by Gasteiger charge is 2.26. The van der Waals surface area contributed by atoms with E-state index in [4.69, 9.17) is 14.9 Å². The number of ether oxygens (including phenoxy) is 1. The van der Waals surface area contributed by atoms with Gasteiger partial charge in [-0.2, -0.15) is 0 Å². The first-order valence-electron chi connectivity index (χ1n) is 9.09. The Balaban J connectivity index is 0.00000196. The van der Waals surface area contributed by atoms with Crippen molar-refractivity contribution in [3.8, 4) is 0 Å². The molecule has 0 spiro atoms. The summed E-state index contributed by atoms with van der Waals surface area (Å²) < 4.78 is 11.3. The van der Waals surface area contributed by atoms with Crippen LogP contribution in [0.4, 0.5) is 0 Å². The quantitative estimate of drug-likeness (QED) is 0.706. The normalized spacial score (nSPS) is 16.4. The minimum Gasteiger partial charge on any atom is -0.465 e. The minimum atomic E-state index is -0.568. The Kier molecular flexibility index (Phi) is 10.6. The van der Waals surface area contributed by atoms with Gasteiger partial charge in [0.15, 0.2) is 0 Å². The molecule has 0 aliphatic carbocycles. The number of morpholine rings is 1. The summed E-state index contributed by atoms with van der Waals surface area (Å²) in [5.41, 5.74) is 7.14. The van der Waals surface area contributed by atoms with Gasteiger partial charge in [0.05, 0.1) is 25.3 Å². The molecule has 3 rings (SSSR count). The second-order valence-electron chi connectivity index (χ2n) is 6.65. The van der Waals surface area contributed by atoms with E-state index in [9.17, 15) is 4.79 Å². The van der Waals surface area contributed by atoms with Gasteiger partial charge in [0.25, 0.3) is 0 Å². The Labute approximate surface area is 178 Å². The number of rotatable bonds is 7. The van der Waals surface area contributed by atoms with Gasteiger partial charge in [-0.15, -0.1) is 24.8 Å². The fourth-order valence-corrected chi connectivity index (χ4v) is 3.22. The third kappa shape index (κ3) is 6.79. The van der Waals surface area contributed by atoms with Crippen LogP contribution in [-0.2, 0) is 16.0 Å². The van der Waals surface area contributed by atoms with E-state index in [0.29, 0.717) is 26.2 Å². The van der Waals surface area contributed by atoms with Gasteiger partial charge in [-0.25, -0.2) is 0 Å². The maximum Gasteiger partial charge on any atom is 0.237 e. The second-order valence-corrected chi connectivity index (χ2v) is 6.65. The van der Waals surface area contributed by atoms with E-state index in [1.165, 1.54) is 0 Å².